The number of carbonyl (C=O) groups excluding carboxylic acids is 2. The molecule has 0 radical (unpaired) electrons. The zero-order chi connectivity index (χ0) is 19.7. The highest BCUT2D eigenvalue weighted by Gasteiger charge is 2.02. The molecule has 1 N–H and O–H groups in total. The molecule has 0 bridgehead atoms. The van der Waals surface area contributed by atoms with Crippen molar-refractivity contribution >= 4 is 17.6 Å². The summed E-state index contributed by atoms with van der Waals surface area (Å²) in [5.74, 6) is 0.444. The Morgan fingerprint density at radius 2 is 1.52 bits per heavy atom. The number of hydrogen-bond acceptors (Lipinski definition) is 6. The summed E-state index contributed by atoms with van der Waals surface area (Å²) in [6.07, 6.45) is 3.50. The number of unbranched alkanes of at least 4 members (excludes halogenated alkanes) is 2. The standard InChI is InChI=1S/C20H31NO6/c1-3-4-5-6-20(23)27-16-14-25-12-11-24-13-15-26-19-9-7-18(8-10-19)21-17(2)22/h7-10H,3-6,11-16H2,1-2H3,(H,21,22). The van der Waals surface area contributed by atoms with Crippen molar-refractivity contribution in [2.75, 3.05) is 45.0 Å². The third-order valence-corrected chi connectivity index (χ3v) is 3.52. The van der Waals surface area contributed by atoms with Crippen LogP contribution >= 0.6 is 0 Å². The predicted octanol–water partition coefficient (Wildman–Crippen LogP) is 3.18. The topological polar surface area (TPSA) is 83.1 Å². The van der Waals surface area contributed by atoms with Crippen molar-refractivity contribution in [3.8, 4) is 5.75 Å². The molecule has 27 heavy (non-hydrogen) atoms. The number of nitrogens with one attached hydrogen (secondary N) is 1. The Morgan fingerprint density at radius 1 is 0.889 bits per heavy atom. The fraction of sp³-hybridized carbons (Fsp3) is 0.600. The van der Waals surface area contributed by atoms with Gasteiger partial charge in [0.05, 0.1) is 26.4 Å². The average molecular weight is 381 g/mol. The van der Waals surface area contributed by atoms with Gasteiger partial charge in [-0.15, -0.1) is 0 Å². The first-order valence-corrected chi connectivity index (χ1v) is 9.43. The van der Waals surface area contributed by atoms with E-state index in [1.54, 1.807) is 24.3 Å². The molecule has 7 heteroatoms. The second-order valence-corrected chi connectivity index (χ2v) is 5.96. The van der Waals surface area contributed by atoms with E-state index >= 15 is 0 Å². The molecule has 152 valence electrons. The van der Waals surface area contributed by atoms with Gasteiger partial charge in [-0.25, -0.2) is 0 Å². The van der Waals surface area contributed by atoms with Crippen molar-refractivity contribution in [1.29, 1.82) is 0 Å². The van der Waals surface area contributed by atoms with Gasteiger partial charge in [0.2, 0.25) is 5.91 Å². The van der Waals surface area contributed by atoms with E-state index in [2.05, 4.69) is 12.2 Å². The summed E-state index contributed by atoms with van der Waals surface area (Å²) in [6, 6.07) is 7.14. The minimum atomic E-state index is -0.162. The van der Waals surface area contributed by atoms with Gasteiger partial charge in [-0.05, 0) is 30.7 Å². The summed E-state index contributed by atoms with van der Waals surface area (Å²) >= 11 is 0. The lowest BCUT2D eigenvalue weighted by Gasteiger charge is -2.09. The minimum absolute atomic E-state index is 0.107. The summed E-state index contributed by atoms with van der Waals surface area (Å²) in [5.41, 5.74) is 0.731. The lowest BCUT2D eigenvalue weighted by molar-refractivity contribution is -0.145. The van der Waals surface area contributed by atoms with Crippen LogP contribution in [-0.4, -0.2) is 51.5 Å². The minimum Gasteiger partial charge on any atom is -0.491 e. The maximum Gasteiger partial charge on any atom is 0.305 e. The van der Waals surface area contributed by atoms with Crippen LogP contribution in [0.15, 0.2) is 24.3 Å². The van der Waals surface area contributed by atoms with Gasteiger partial charge in [0.15, 0.2) is 0 Å². The van der Waals surface area contributed by atoms with Gasteiger partial charge in [0.25, 0.3) is 0 Å². The average Bonchev–Trinajstić information content (AvgIpc) is 2.64. The number of ether oxygens (including phenoxy) is 4. The lowest BCUT2D eigenvalue weighted by atomic mass is 10.2. The Morgan fingerprint density at radius 3 is 2.15 bits per heavy atom. The van der Waals surface area contributed by atoms with Crippen LogP contribution in [0, 0.1) is 0 Å². The maximum absolute atomic E-state index is 11.4. The van der Waals surface area contributed by atoms with Gasteiger partial charge < -0.3 is 24.3 Å². The number of hydrogen-bond donors (Lipinski definition) is 1. The normalized spacial score (nSPS) is 10.4. The first-order chi connectivity index (χ1) is 13.1. The SMILES string of the molecule is CCCCCC(=O)OCCOCCOCCOc1ccc(NC(C)=O)cc1. The van der Waals surface area contributed by atoms with Crippen molar-refractivity contribution in [2.45, 2.75) is 39.5 Å². The number of esters is 1. The molecule has 0 saturated heterocycles. The fourth-order valence-electron chi connectivity index (χ4n) is 2.18. The van der Waals surface area contributed by atoms with E-state index in [-0.39, 0.29) is 18.5 Å². The monoisotopic (exact) mass is 381 g/mol. The Labute approximate surface area is 161 Å². The molecule has 0 fully saturated rings. The van der Waals surface area contributed by atoms with E-state index in [4.69, 9.17) is 18.9 Å². The number of rotatable bonds is 15. The Hall–Kier alpha value is -2.12. The van der Waals surface area contributed by atoms with Crippen molar-refractivity contribution in [2.24, 2.45) is 0 Å². The molecule has 0 aromatic heterocycles. The number of amides is 1. The molecule has 0 aliphatic carbocycles. The summed E-state index contributed by atoms with van der Waals surface area (Å²) in [6.45, 7) is 5.99. The van der Waals surface area contributed by atoms with Crippen LogP contribution in [0.4, 0.5) is 5.69 Å². The van der Waals surface area contributed by atoms with Crippen LogP contribution < -0.4 is 10.1 Å². The Bertz CT molecular complexity index is 532. The zero-order valence-corrected chi connectivity index (χ0v) is 16.3. The predicted molar refractivity (Wildman–Crippen MR) is 103 cm³/mol. The quantitative estimate of drug-likeness (QED) is 0.371. The van der Waals surface area contributed by atoms with Crippen LogP contribution in [0.25, 0.3) is 0 Å². The van der Waals surface area contributed by atoms with E-state index < -0.39 is 0 Å². The third kappa shape index (κ3) is 12.8. The van der Waals surface area contributed by atoms with Crippen molar-refractivity contribution in [1.82, 2.24) is 0 Å². The van der Waals surface area contributed by atoms with E-state index in [0.29, 0.717) is 45.2 Å². The summed E-state index contributed by atoms with van der Waals surface area (Å²) in [5, 5.41) is 2.69. The van der Waals surface area contributed by atoms with Gasteiger partial charge in [0, 0.05) is 19.0 Å². The van der Waals surface area contributed by atoms with Crippen LogP contribution in [0.1, 0.15) is 39.5 Å². The molecule has 0 aliphatic rings. The molecule has 0 aliphatic heterocycles. The lowest BCUT2D eigenvalue weighted by Crippen LogP contribution is -2.14. The fourth-order valence-corrected chi connectivity index (χ4v) is 2.18. The molecule has 1 amide bonds. The van der Waals surface area contributed by atoms with E-state index in [1.807, 2.05) is 0 Å². The molecule has 0 saturated carbocycles. The molecule has 0 atom stereocenters. The van der Waals surface area contributed by atoms with Crippen LogP contribution in [0.5, 0.6) is 5.75 Å². The highest BCUT2D eigenvalue weighted by Crippen LogP contribution is 2.15. The molecule has 1 aromatic carbocycles. The highest BCUT2D eigenvalue weighted by molar-refractivity contribution is 5.88. The van der Waals surface area contributed by atoms with Crippen LogP contribution in [0.3, 0.4) is 0 Å². The molecule has 0 heterocycles. The highest BCUT2D eigenvalue weighted by atomic mass is 16.6. The van der Waals surface area contributed by atoms with Gasteiger partial charge in [-0.2, -0.15) is 0 Å². The summed E-state index contributed by atoms with van der Waals surface area (Å²) in [4.78, 5) is 22.3. The molecular formula is C20H31NO6. The van der Waals surface area contributed by atoms with E-state index in [1.165, 1.54) is 6.92 Å². The van der Waals surface area contributed by atoms with E-state index in [9.17, 15) is 9.59 Å². The third-order valence-electron chi connectivity index (χ3n) is 3.52. The van der Waals surface area contributed by atoms with Crippen molar-refractivity contribution in [3.05, 3.63) is 24.3 Å². The first-order valence-electron chi connectivity index (χ1n) is 9.43. The van der Waals surface area contributed by atoms with Crippen molar-refractivity contribution < 1.29 is 28.5 Å². The second-order valence-electron chi connectivity index (χ2n) is 5.96. The van der Waals surface area contributed by atoms with Gasteiger partial charge in [-0.3, -0.25) is 9.59 Å². The number of anilines is 1. The summed E-state index contributed by atoms with van der Waals surface area (Å²) < 4.78 is 21.4. The first kappa shape index (κ1) is 22.9. The molecule has 0 spiro atoms. The van der Waals surface area contributed by atoms with E-state index in [0.717, 1.165) is 24.9 Å². The Balaban J connectivity index is 1.91. The number of benzene rings is 1. The molecule has 7 nitrogen and oxygen atoms in total. The zero-order valence-electron chi connectivity index (χ0n) is 16.3. The van der Waals surface area contributed by atoms with Gasteiger partial charge in [-0.1, -0.05) is 19.8 Å². The largest absolute Gasteiger partial charge is 0.491 e. The van der Waals surface area contributed by atoms with Gasteiger partial charge >= 0.3 is 5.97 Å². The van der Waals surface area contributed by atoms with Crippen LogP contribution in [-0.2, 0) is 23.8 Å². The number of carbonyl (C=O) groups is 2. The molecule has 1 rings (SSSR count). The van der Waals surface area contributed by atoms with Crippen molar-refractivity contribution in [3.63, 3.8) is 0 Å². The molecule has 1 aromatic rings. The van der Waals surface area contributed by atoms with Crippen LogP contribution in [0.2, 0.25) is 0 Å². The molecular weight excluding hydrogens is 350 g/mol. The molecule has 0 unspecified atom stereocenters. The summed E-state index contributed by atoms with van der Waals surface area (Å²) in [7, 11) is 0. The second kappa shape index (κ2) is 15.0. The smallest absolute Gasteiger partial charge is 0.305 e. The Kier molecular flexibility index (Phi) is 12.7. The maximum atomic E-state index is 11.4. The van der Waals surface area contributed by atoms with Gasteiger partial charge in [0.1, 0.15) is 19.0 Å².